The molecular weight excluding hydrogens is 182 g/mol. The van der Waals surface area contributed by atoms with Crippen molar-refractivity contribution >= 4 is 16.2 Å². The summed E-state index contributed by atoms with van der Waals surface area (Å²) in [7, 11) is 0. The van der Waals surface area contributed by atoms with E-state index in [4.69, 9.17) is 5.73 Å². The molecule has 0 bridgehead atoms. The van der Waals surface area contributed by atoms with Crippen molar-refractivity contribution in [1.29, 1.82) is 0 Å². The highest BCUT2D eigenvalue weighted by Crippen LogP contribution is 2.24. The van der Waals surface area contributed by atoms with Gasteiger partial charge in [0.2, 0.25) is 0 Å². The van der Waals surface area contributed by atoms with Crippen LogP contribution in [-0.4, -0.2) is 9.38 Å². The molecule has 2 N–H and O–H groups in total. The summed E-state index contributed by atoms with van der Waals surface area (Å²) in [6, 6.07) is 0. The molecule has 0 aromatic carbocycles. The van der Waals surface area contributed by atoms with Crippen LogP contribution in [0.4, 0.5) is 0 Å². The minimum atomic E-state index is 0.505. The van der Waals surface area contributed by atoms with E-state index in [0.29, 0.717) is 12.5 Å². The van der Waals surface area contributed by atoms with Gasteiger partial charge in [0, 0.05) is 11.1 Å². The predicted molar refractivity (Wildman–Crippen MR) is 55.0 cm³/mol. The van der Waals surface area contributed by atoms with Crippen molar-refractivity contribution in [2.24, 2.45) is 5.73 Å². The van der Waals surface area contributed by atoms with Crippen molar-refractivity contribution in [3.8, 4) is 0 Å². The van der Waals surface area contributed by atoms with Crippen LogP contribution in [0.15, 0.2) is 11.6 Å². The first-order valence-corrected chi connectivity index (χ1v) is 5.25. The molecular formula is C9H13N3S. The summed E-state index contributed by atoms with van der Waals surface area (Å²) in [6.07, 6.45) is 1.89. The molecule has 0 saturated heterocycles. The third kappa shape index (κ3) is 1.26. The molecule has 0 atom stereocenters. The number of nitrogens with two attached hydrogens (primary N) is 1. The van der Waals surface area contributed by atoms with E-state index in [1.165, 1.54) is 10.5 Å². The van der Waals surface area contributed by atoms with Gasteiger partial charge in [-0.05, 0) is 5.92 Å². The number of thiazole rings is 1. The maximum Gasteiger partial charge on any atom is 0.127 e. The number of aromatic nitrogens is 2. The van der Waals surface area contributed by atoms with Crippen molar-refractivity contribution < 1.29 is 0 Å². The lowest BCUT2D eigenvalue weighted by atomic mass is 10.1. The first-order valence-electron chi connectivity index (χ1n) is 4.37. The lowest BCUT2D eigenvalue weighted by molar-refractivity contribution is 0.778. The second-order valence-electron chi connectivity index (χ2n) is 3.37. The average Bonchev–Trinajstić information content (AvgIpc) is 2.61. The van der Waals surface area contributed by atoms with E-state index in [9.17, 15) is 0 Å². The fourth-order valence-electron chi connectivity index (χ4n) is 1.44. The summed E-state index contributed by atoms with van der Waals surface area (Å²) in [5.41, 5.74) is 6.91. The van der Waals surface area contributed by atoms with Crippen LogP contribution in [0.25, 0.3) is 4.83 Å². The molecule has 3 nitrogen and oxygen atoms in total. The molecule has 0 fully saturated rings. The highest BCUT2D eigenvalue weighted by molar-refractivity contribution is 7.15. The molecule has 2 aromatic heterocycles. The highest BCUT2D eigenvalue weighted by Gasteiger charge is 2.10. The van der Waals surface area contributed by atoms with E-state index in [1.807, 2.05) is 6.20 Å². The van der Waals surface area contributed by atoms with Crippen LogP contribution in [0.2, 0.25) is 0 Å². The molecule has 0 aliphatic heterocycles. The molecule has 4 heteroatoms. The van der Waals surface area contributed by atoms with Crippen molar-refractivity contribution in [1.82, 2.24) is 9.38 Å². The lowest BCUT2D eigenvalue weighted by Crippen LogP contribution is -2.05. The van der Waals surface area contributed by atoms with Gasteiger partial charge in [0.25, 0.3) is 0 Å². The Morgan fingerprint density at radius 2 is 2.38 bits per heavy atom. The van der Waals surface area contributed by atoms with Gasteiger partial charge in [0.15, 0.2) is 0 Å². The van der Waals surface area contributed by atoms with Gasteiger partial charge in [-0.25, -0.2) is 4.98 Å². The predicted octanol–water partition coefficient (Wildman–Crippen LogP) is 1.98. The number of hydrogen-bond donors (Lipinski definition) is 1. The SMILES string of the molecule is CC(C)c1csc2cnc(CN)n12. The second-order valence-corrected chi connectivity index (χ2v) is 4.26. The van der Waals surface area contributed by atoms with Gasteiger partial charge in [0.1, 0.15) is 10.7 Å². The van der Waals surface area contributed by atoms with Gasteiger partial charge in [-0.2, -0.15) is 0 Å². The zero-order valence-corrected chi connectivity index (χ0v) is 8.64. The topological polar surface area (TPSA) is 43.3 Å². The molecule has 0 aliphatic rings. The smallest absolute Gasteiger partial charge is 0.127 e. The van der Waals surface area contributed by atoms with Gasteiger partial charge < -0.3 is 5.73 Å². The third-order valence-electron chi connectivity index (χ3n) is 2.14. The monoisotopic (exact) mass is 195 g/mol. The average molecular weight is 195 g/mol. The molecule has 0 aliphatic carbocycles. The van der Waals surface area contributed by atoms with Crippen LogP contribution >= 0.6 is 11.3 Å². The number of fused-ring (bicyclic) bond motifs is 1. The third-order valence-corrected chi connectivity index (χ3v) is 3.02. The van der Waals surface area contributed by atoms with Crippen LogP contribution < -0.4 is 5.73 Å². The van der Waals surface area contributed by atoms with Crippen LogP contribution in [0.3, 0.4) is 0 Å². The highest BCUT2D eigenvalue weighted by atomic mass is 32.1. The van der Waals surface area contributed by atoms with Gasteiger partial charge in [0.05, 0.1) is 12.7 Å². The normalized spacial score (nSPS) is 11.7. The van der Waals surface area contributed by atoms with E-state index in [2.05, 4.69) is 28.6 Å². The summed E-state index contributed by atoms with van der Waals surface area (Å²) >= 11 is 1.72. The van der Waals surface area contributed by atoms with Gasteiger partial charge in [-0.15, -0.1) is 11.3 Å². The zero-order chi connectivity index (χ0) is 9.42. The zero-order valence-electron chi connectivity index (χ0n) is 7.82. The molecule has 0 radical (unpaired) electrons. The van der Waals surface area contributed by atoms with Gasteiger partial charge in [-0.3, -0.25) is 4.40 Å². The number of hydrogen-bond acceptors (Lipinski definition) is 3. The Labute approximate surface area is 81.2 Å². The van der Waals surface area contributed by atoms with E-state index in [0.717, 1.165) is 5.82 Å². The van der Waals surface area contributed by atoms with Crippen molar-refractivity contribution in [2.75, 3.05) is 0 Å². The molecule has 13 heavy (non-hydrogen) atoms. The maximum atomic E-state index is 5.61. The molecule has 2 rings (SSSR count). The van der Waals surface area contributed by atoms with Crippen LogP contribution in [0, 0.1) is 0 Å². The Morgan fingerprint density at radius 1 is 1.62 bits per heavy atom. The first kappa shape index (κ1) is 8.72. The number of nitrogens with zero attached hydrogens (tertiary/aromatic N) is 2. The number of imidazole rings is 1. The summed E-state index contributed by atoms with van der Waals surface area (Å²) in [4.78, 5) is 5.45. The molecule has 0 saturated carbocycles. The molecule has 70 valence electrons. The standard InChI is InChI=1S/C9H13N3S/c1-6(2)7-5-13-9-4-11-8(3-10)12(7)9/h4-6H,3,10H2,1-2H3. The van der Waals surface area contributed by atoms with E-state index < -0.39 is 0 Å². The Hall–Kier alpha value is -0.870. The van der Waals surface area contributed by atoms with Crippen molar-refractivity contribution in [3.63, 3.8) is 0 Å². The molecule has 0 unspecified atom stereocenters. The van der Waals surface area contributed by atoms with Crippen LogP contribution in [-0.2, 0) is 6.54 Å². The van der Waals surface area contributed by atoms with E-state index in [1.54, 1.807) is 11.3 Å². The summed E-state index contributed by atoms with van der Waals surface area (Å²) in [5, 5.41) is 2.18. The van der Waals surface area contributed by atoms with Crippen molar-refractivity contribution in [2.45, 2.75) is 26.3 Å². The second kappa shape index (κ2) is 3.12. The summed E-state index contributed by atoms with van der Waals surface area (Å²) in [5.74, 6) is 1.48. The molecule has 2 aromatic rings. The summed E-state index contributed by atoms with van der Waals surface area (Å²) in [6.45, 7) is 4.87. The largest absolute Gasteiger partial charge is 0.324 e. The quantitative estimate of drug-likeness (QED) is 0.796. The van der Waals surface area contributed by atoms with Crippen LogP contribution in [0.5, 0.6) is 0 Å². The van der Waals surface area contributed by atoms with E-state index >= 15 is 0 Å². The van der Waals surface area contributed by atoms with Crippen LogP contribution in [0.1, 0.15) is 31.3 Å². The lowest BCUT2D eigenvalue weighted by Gasteiger charge is -2.04. The molecule has 0 amide bonds. The maximum absolute atomic E-state index is 5.61. The summed E-state index contributed by atoms with van der Waals surface area (Å²) < 4.78 is 2.16. The Morgan fingerprint density at radius 3 is 3.00 bits per heavy atom. The minimum Gasteiger partial charge on any atom is -0.324 e. The van der Waals surface area contributed by atoms with E-state index in [-0.39, 0.29) is 0 Å². The minimum absolute atomic E-state index is 0.505. The fourth-order valence-corrected chi connectivity index (χ4v) is 2.49. The van der Waals surface area contributed by atoms with Gasteiger partial charge in [-0.1, -0.05) is 13.8 Å². The Balaban J connectivity index is 2.68. The number of rotatable bonds is 2. The Kier molecular flexibility index (Phi) is 2.09. The first-order chi connectivity index (χ1) is 6.24. The molecule has 0 spiro atoms. The fraction of sp³-hybridized carbons (Fsp3) is 0.444. The molecule has 2 heterocycles. The Bertz CT molecular complexity index is 413. The van der Waals surface area contributed by atoms with Crippen molar-refractivity contribution in [3.05, 3.63) is 23.1 Å². The van der Waals surface area contributed by atoms with Gasteiger partial charge >= 0.3 is 0 Å².